The summed E-state index contributed by atoms with van der Waals surface area (Å²) in [6.07, 6.45) is -2.25. The summed E-state index contributed by atoms with van der Waals surface area (Å²) in [6, 6.07) is 0. The second-order valence-corrected chi connectivity index (χ2v) is 9.78. The fraction of sp³-hybridized carbons (Fsp3) is 0.560. The van der Waals surface area contributed by atoms with Crippen molar-refractivity contribution in [1.29, 1.82) is 0 Å². The van der Waals surface area contributed by atoms with Gasteiger partial charge in [-0.1, -0.05) is 6.58 Å². The molecule has 1 N–H and O–H groups in total. The topological polar surface area (TPSA) is 155 Å². The van der Waals surface area contributed by atoms with E-state index in [2.05, 4.69) is 6.58 Å². The average Bonchev–Trinajstić information content (AvgIpc) is 3.23. The van der Waals surface area contributed by atoms with E-state index in [1.807, 2.05) is 6.92 Å². The third kappa shape index (κ3) is 4.37. The maximum absolute atomic E-state index is 12.9. The summed E-state index contributed by atoms with van der Waals surface area (Å²) in [7, 11) is 0. The van der Waals surface area contributed by atoms with Crippen LogP contribution in [0.2, 0.25) is 0 Å². The number of Topliss-reactive ketones (excluding diaryl/α,β-unsaturated/α-hetero) is 1. The van der Waals surface area contributed by atoms with Crippen LogP contribution in [0.4, 0.5) is 0 Å². The lowest BCUT2D eigenvalue weighted by Crippen LogP contribution is -2.41. The van der Waals surface area contributed by atoms with Gasteiger partial charge in [0.25, 0.3) is 0 Å². The lowest BCUT2D eigenvalue weighted by molar-refractivity contribution is -0.152. The van der Waals surface area contributed by atoms with E-state index in [9.17, 15) is 29.1 Å². The highest BCUT2D eigenvalue weighted by atomic mass is 16.7. The Hall–Kier alpha value is -3.31. The van der Waals surface area contributed by atoms with Crippen LogP contribution in [0.5, 0.6) is 0 Å². The summed E-state index contributed by atoms with van der Waals surface area (Å²) in [4.78, 5) is 62.2. The largest absolute Gasteiger partial charge is 0.461 e. The zero-order chi connectivity index (χ0) is 26.6. The van der Waals surface area contributed by atoms with Crippen molar-refractivity contribution in [1.82, 2.24) is 0 Å². The fourth-order valence-electron chi connectivity index (χ4n) is 5.13. The highest BCUT2D eigenvalue weighted by molar-refractivity contribution is 6.18. The van der Waals surface area contributed by atoms with E-state index in [1.54, 1.807) is 6.92 Å². The summed E-state index contributed by atoms with van der Waals surface area (Å²) in [5.41, 5.74) is -1.80. The zero-order valence-corrected chi connectivity index (χ0v) is 20.5. The highest BCUT2D eigenvalue weighted by Crippen LogP contribution is 2.52. The number of hydrogen-bond donors (Lipinski definition) is 1. The van der Waals surface area contributed by atoms with E-state index in [0.717, 1.165) is 0 Å². The maximum atomic E-state index is 12.9. The Morgan fingerprint density at radius 1 is 1.17 bits per heavy atom. The van der Waals surface area contributed by atoms with Crippen LogP contribution in [0.1, 0.15) is 47.0 Å². The van der Waals surface area contributed by atoms with Gasteiger partial charge >= 0.3 is 23.9 Å². The fourth-order valence-corrected chi connectivity index (χ4v) is 5.13. The number of rotatable bonds is 6. The summed E-state index contributed by atoms with van der Waals surface area (Å²) >= 11 is 0. The van der Waals surface area contributed by atoms with Crippen LogP contribution < -0.4 is 0 Å². The molecule has 1 saturated heterocycles. The Kier molecular flexibility index (Phi) is 6.42. The highest BCUT2D eigenvalue weighted by Gasteiger charge is 2.63. The molecule has 3 aliphatic heterocycles. The van der Waals surface area contributed by atoms with Gasteiger partial charge in [0.1, 0.15) is 30.0 Å². The minimum atomic E-state index is -1.36. The summed E-state index contributed by atoms with van der Waals surface area (Å²) in [6.45, 7) is 8.25. The van der Waals surface area contributed by atoms with Gasteiger partial charge in [-0.05, 0) is 39.2 Å². The standard InChI is InChI=1S/C25H28O11/c1-11(9-26)21(29)33-16-8-25(5)15(17(12(2)27)23(31)36-25)6-7-24(4)20(35-24)19-18(16)14(22(30)34-19)10-32-13(3)28/h16,19-20,26H,1,6-10H2,2-5H3. The Morgan fingerprint density at radius 2 is 1.86 bits per heavy atom. The van der Waals surface area contributed by atoms with Gasteiger partial charge in [-0.2, -0.15) is 0 Å². The van der Waals surface area contributed by atoms with Gasteiger partial charge in [0.15, 0.2) is 11.9 Å². The molecule has 11 heteroatoms. The molecule has 1 aliphatic carbocycles. The number of aliphatic hydroxyl groups excluding tert-OH is 1. The molecule has 11 nitrogen and oxygen atoms in total. The van der Waals surface area contributed by atoms with Crippen molar-refractivity contribution >= 4 is 29.7 Å². The van der Waals surface area contributed by atoms with E-state index in [0.29, 0.717) is 12.0 Å². The van der Waals surface area contributed by atoms with Crippen LogP contribution in [0, 0.1) is 0 Å². The lowest BCUT2D eigenvalue weighted by atomic mass is 9.78. The molecule has 2 fully saturated rings. The first kappa shape index (κ1) is 25.8. The van der Waals surface area contributed by atoms with Crippen LogP contribution in [-0.4, -0.2) is 77.5 Å². The Morgan fingerprint density at radius 3 is 2.47 bits per heavy atom. The summed E-state index contributed by atoms with van der Waals surface area (Å²) in [5.74, 6) is -3.58. The smallest absolute Gasteiger partial charge is 0.342 e. The number of ketones is 1. The molecule has 36 heavy (non-hydrogen) atoms. The number of carbonyl (C=O) groups is 5. The number of ether oxygens (including phenoxy) is 5. The monoisotopic (exact) mass is 504 g/mol. The number of hydrogen-bond acceptors (Lipinski definition) is 11. The summed E-state index contributed by atoms with van der Waals surface area (Å²) < 4.78 is 28.0. The molecule has 1 saturated carbocycles. The third-order valence-corrected chi connectivity index (χ3v) is 7.11. The third-order valence-electron chi connectivity index (χ3n) is 7.11. The molecule has 0 aromatic rings. The molecule has 194 valence electrons. The van der Waals surface area contributed by atoms with Crippen LogP contribution >= 0.6 is 0 Å². The SMILES string of the molecule is C=C(CO)C(=O)OC1CC2(C)OC(=O)C(C(C)=O)=C2CCC2(C)OC2C2OC(=O)C(COC(C)=O)=C12. The quantitative estimate of drug-likeness (QED) is 0.179. The molecule has 5 unspecified atom stereocenters. The normalized spacial score (nSPS) is 33.1. The first-order valence-electron chi connectivity index (χ1n) is 11.5. The molecule has 3 heterocycles. The van der Waals surface area contributed by atoms with E-state index in [4.69, 9.17) is 23.7 Å². The molecule has 0 bridgehead atoms. The number of carbonyl (C=O) groups excluding carboxylic acids is 5. The first-order chi connectivity index (χ1) is 16.8. The number of epoxide rings is 1. The van der Waals surface area contributed by atoms with E-state index >= 15 is 0 Å². The van der Waals surface area contributed by atoms with Crippen molar-refractivity contribution in [3.63, 3.8) is 0 Å². The molecule has 0 aromatic carbocycles. The Balaban J connectivity index is 1.87. The molecule has 4 aliphatic rings. The van der Waals surface area contributed by atoms with E-state index in [-0.39, 0.29) is 35.1 Å². The molecule has 0 radical (unpaired) electrons. The van der Waals surface area contributed by atoms with Crippen molar-refractivity contribution in [3.05, 3.63) is 34.4 Å². The second kappa shape index (κ2) is 8.97. The van der Waals surface area contributed by atoms with Crippen LogP contribution in [0.3, 0.4) is 0 Å². The molecule has 0 spiro atoms. The Labute approximate surface area is 207 Å². The van der Waals surface area contributed by atoms with Crippen LogP contribution in [0.15, 0.2) is 34.4 Å². The van der Waals surface area contributed by atoms with Gasteiger partial charge in [0.05, 0.1) is 23.4 Å². The van der Waals surface area contributed by atoms with Gasteiger partial charge in [-0.25, -0.2) is 14.4 Å². The van der Waals surface area contributed by atoms with Crippen molar-refractivity contribution in [3.8, 4) is 0 Å². The van der Waals surface area contributed by atoms with Crippen molar-refractivity contribution < 1.29 is 52.8 Å². The van der Waals surface area contributed by atoms with Gasteiger partial charge in [0, 0.05) is 18.9 Å². The first-order valence-corrected chi connectivity index (χ1v) is 11.5. The lowest BCUT2D eigenvalue weighted by Gasteiger charge is -2.34. The average molecular weight is 504 g/mol. The number of esters is 4. The van der Waals surface area contributed by atoms with E-state index < -0.39 is 72.4 Å². The zero-order valence-electron chi connectivity index (χ0n) is 20.5. The Bertz CT molecular complexity index is 1140. The molecule has 5 atom stereocenters. The van der Waals surface area contributed by atoms with Crippen LogP contribution in [0.25, 0.3) is 0 Å². The maximum Gasteiger partial charge on any atom is 0.342 e. The number of aliphatic hydroxyl groups is 1. The van der Waals surface area contributed by atoms with Crippen molar-refractivity contribution in [2.45, 2.75) is 76.5 Å². The van der Waals surface area contributed by atoms with Gasteiger partial charge < -0.3 is 28.8 Å². The summed E-state index contributed by atoms with van der Waals surface area (Å²) in [5, 5.41) is 9.38. The van der Waals surface area contributed by atoms with Crippen molar-refractivity contribution in [2.75, 3.05) is 13.2 Å². The van der Waals surface area contributed by atoms with Crippen molar-refractivity contribution in [2.24, 2.45) is 0 Å². The van der Waals surface area contributed by atoms with Gasteiger partial charge in [-0.3, -0.25) is 9.59 Å². The molecule has 4 rings (SSSR count). The van der Waals surface area contributed by atoms with Crippen LogP contribution in [-0.2, 0) is 47.7 Å². The molecular formula is C25H28O11. The second-order valence-electron chi connectivity index (χ2n) is 9.78. The van der Waals surface area contributed by atoms with Gasteiger partial charge in [-0.15, -0.1) is 0 Å². The number of fused-ring (bicyclic) bond motifs is 4. The predicted octanol–water partition coefficient (Wildman–Crippen LogP) is 0.774. The minimum absolute atomic E-state index is 0.0220. The molecule has 0 aromatic heterocycles. The minimum Gasteiger partial charge on any atom is -0.461 e. The molecule has 0 amide bonds. The predicted molar refractivity (Wildman–Crippen MR) is 119 cm³/mol. The molecular weight excluding hydrogens is 476 g/mol. The van der Waals surface area contributed by atoms with E-state index in [1.165, 1.54) is 13.8 Å². The van der Waals surface area contributed by atoms with Gasteiger partial charge in [0.2, 0.25) is 0 Å².